The van der Waals surface area contributed by atoms with E-state index in [9.17, 15) is 5.11 Å². The van der Waals surface area contributed by atoms with E-state index in [0.717, 1.165) is 16.7 Å². The van der Waals surface area contributed by atoms with Crippen LogP contribution in [0.25, 0.3) is 0 Å². The Kier molecular flexibility index (Phi) is 3.36. The zero-order chi connectivity index (χ0) is 10.7. The number of hydrogen-bond acceptors (Lipinski definition) is 3. The average Bonchev–Trinajstić information content (AvgIpc) is 2.12. The third-order valence-corrected chi connectivity index (χ3v) is 2.33. The molecule has 14 heavy (non-hydrogen) atoms. The van der Waals surface area contributed by atoms with Crippen molar-refractivity contribution >= 4 is 0 Å². The molecule has 0 bridgehead atoms. The van der Waals surface area contributed by atoms with Crippen LogP contribution in [-0.4, -0.2) is 19.3 Å². The van der Waals surface area contributed by atoms with Crippen molar-refractivity contribution in [1.29, 1.82) is 0 Å². The van der Waals surface area contributed by atoms with E-state index in [4.69, 9.17) is 4.74 Å². The number of nitrogens with one attached hydrogen (secondary N) is 1. The molecule has 0 unspecified atom stereocenters. The van der Waals surface area contributed by atoms with Gasteiger partial charge in [0, 0.05) is 12.1 Å². The molecule has 0 fully saturated rings. The second-order valence-electron chi connectivity index (χ2n) is 3.40. The van der Waals surface area contributed by atoms with Crippen LogP contribution in [-0.2, 0) is 6.54 Å². The Morgan fingerprint density at radius 2 is 2.00 bits per heavy atom. The molecule has 0 atom stereocenters. The lowest BCUT2D eigenvalue weighted by Crippen LogP contribution is -2.07. The summed E-state index contributed by atoms with van der Waals surface area (Å²) in [7, 11) is 3.42. The number of phenolic OH excluding ortho intramolecular Hbond substituents is 1. The molecule has 78 valence electrons. The van der Waals surface area contributed by atoms with E-state index < -0.39 is 0 Å². The molecule has 1 aromatic carbocycles. The molecule has 0 radical (unpaired) electrons. The molecule has 2 N–H and O–H groups in total. The molecule has 3 heteroatoms. The van der Waals surface area contributed by atoms with Gasteiger partial charge in [-0.3, -0.25) is 0 Å². The summed E-state index contributed by atoms with van der Waals surface area (Å²) in [6.45, 7) is 4.56. The van der Waals surface area contributed by atoms with Gasteiger partial charge >= 0.3 is 0 Å². The summed E-state index contributed by atoms with van der Waals surface area (Å²) in [5.41, 5.74) is 2.94. The molecule has 1 rings (SSSR count). The van der Waals surface area contributed by atoms with Crippen molar-refractivity contribution in [3.8, 4) is 11.5 Å². The van der Waals surface area contributed by atoms with E-state index in [1.165, 1.54) is 0 Å². The highest BCUT2D eigenvalue weighted by Crippen LogP contribution is 2.35. The van der Waals surface area contributed by atoms with E-state index in [1.54, 1.807) is 7.11 Å². The summed E-state index contributed by atoms with van der Waals surface area (Å²) >= 11 is 0. The molecular formula is C11H17NO2. The van der Waals surface area contributed by atoms with Crippen molar-refractivity contribution in [2.24, 2.45) is 0 Å². The van der Waals surface area contributed by atoms with Crippen molar-refractivity contribution in [1.82, 2.24) is 5.32 Å². The first-order valence-corrected chi connectivity index (χ1v) is 4.62. The van der Waals surface area contributed by atoms with Crippen LogP contribution in [0.5, 0.6) is 11.5 Å². The quantitative estimate of drug-likeness (QED) is 0.772. The minimum Gasteiger partial charge on any atom is -0.504 e. The number of rotatable bonds is 3. The summed E-state index contributed by atoms with van der Waals surface area (Å²) in [4.78, 5) is 0. The predicted octanol–water partition coefficient (Wildman–Crippen LogP) is 1.74. The Bertz CT molecular complexity index is 335. The molecule has 0 heterocycles. The molecule has 0 amide bonds. The topological polar surface area (TPSA) is 41.5 Å². The third kappa shape index (κ3) is 1.82. The van der Waals surface area contributed by atoms with Crippen LogP contribution in [0, 0.1) is 13.8 Å². The Morgan fingerprint density at radius 3 is 2.50 bits per heavy atom. The van der Waals surface area contributed by atoms with Gasteiger partial charge in [0.25, 0.3) is 0 Å². The Morgan fingerprint density at radius 1 is 1.36 bits per heavy atom. The van der Waals surface area contributed by atoms with Crippen LogP contribution < -0.4 is 10.1 Å². The first kappa shape index (κ1) is 10.9. The van der Waals surface area contributed by atoms with Crippen molar-refractivity contribution in [3.05, 3.63) is 22.8 Å². The van der Waals surface area contributed by atoms with Crippen LogP contribution in [0.15, 0.2) is 6.07 Å². The highest BCUT2D eigenvalue weighted by molar-refractivity contribution is 5.53. The Hall–Kier alpha value is -1.22. The summed E-state index contributed by atoms with van der Waals surface area (Å²) < 4.78 is 5.14. The number of hydrogen-bond donors (Lipinski definition) is 2. The number of aryl methyl sites for hydroxylation is 2. The maximum Gasteiger partial charge on any atom is 0.163 e. The molecule has 0 saturated carbocycles. The fourth-order valence-corrected chi connectivity index (χ4v) is 1.65. The lowest BCUT2D eigenvalue weighted by atomic mass is 10.0. The van der Waals surface area contributed by atoms with Gasteiger partial charge < -0.3 is 15.2 Å². The van der Waals surface area contributed by atoms with Gasteiger partial charge in [-0.2, -0.15) is 0 Å². The summed E-state index contributed by atoms with van der Waals surface area (Å²) in [5.74, 6) is 0.820. The van der Waals surface area contributed by atoms with Crippen molar-refractivity contribution < 1.29 is 9.84 Å². The lowest BCUT2D eigenvalue weighted by Gasteiger charge is -2.14. The van der Waals surface area contributed by atoms with Gasteiger partial charge in [0.1, 0.15) is 0 Å². The molecule has 0 aliphatic heterocycles. The van der Waals surface area contributed by atoms with Crippen LogP contribution in [0.2, 0.25) is 0 Å². The van der Waals surface area contributed by atoms with Crippen LogP contribution >= 0.6 is 0 Å². The highest BCUT2D eigenvalue weighted by atomic mass is 16.5. The average molecular weight is 195 g/mol. The number of benzene rings is 1. The standard InChI is InChI=1S/C11H17NO2/c1-7-5-8(2)11(14-4)10(13)9(7)6-12-3/h5,12-13H,6H2,1-4H3. The fraction of sp³-hybridized carbons (Fsp3) is 0.455. The molecule has 0 spiro atoms. The third-order valence-electron chi connectivity index (χ3n) is 2.33. The molecule has 0 aromatic heterocycles. The van der Waals surface area contributed by atoms with Crippen LogP contribution in [0.1, 0.15) is 16.7 Å². The SMILES string of the molecule is CNCc1c(C)cc(C)c(OC)c1O. The Balaban J connectivity index is 3.28. The number of ether oxygens (including phenoxy) is 1. The number of phenols is 1. The maximum absolute atomic E-state index is 9.92. The van der Waals surface area contributed by atoms with E-state index in [0.29, 0.717) is 12.3 Å². The normalized spacial score (nSPS) is 10.3. The second kappa shape index (κ2) is 4.33. The van der Waals surface area contributed by atoms with Gasteiger partial charge in [0.05, 0.1) is 7.11 Å². The molecule has 1 aromatic rings. The van der Waals surface area contributed by atoms with Gasteiger partial charge in [0.15, 0.2) is 11.5 Å². The van der Waals surface area contributed by atoms with E-state index in [-0.39, 0.29) is 5.75 Å². The predicted molar refractivity (Wildman–Crippen MR) is 56.9 cm³/mol. The molecular weight excluding hydrogens is 178 g/mol. The van der Waals surface area contributed by atoms with Crippen molar-refractivity contribution in [3.63, 3.8) is 0 Å². The fourth-order valence-electron chi connectivity index (χ4n) is 1.65. The minimum atomic E-state index is 0.249. The summed E-state index contributed by atoms with van der Waals surface area (Å²) in [5, 5.41) is 12.9. The van der Waals surface area contributed by atoms with Gasteiger partial charge in [-0.1, -0.05) is 6.07 Å². The summed E-state index contributed by atoms with van der Waals surface area (Å²) in [6, 6.07) is 2.02. The van der Waals surface area contributed by atoms with E-state index >= 15 is 0 Å². The second-order valence-corrected chi connectivity index (χ2v) is 3.40. The number of methoxy groups -OCH3 is 1. The summed E-state index contributed by atoms with van der Waals surface area (Å²) in [6.07, 6.45) is 0. The molecule has 0 aliphatic rings. The van der Waals surface area contributed by atoms with Gasteiger partial charge in [-0.15, -0.1) is 0 Å². The van der Waals surface area contributed by atoms with E-state index in [1.807, 2.05) is 27.0 Å². The maximum atomic E-state index is 9.92. The Labute approximate surface area is 84.7 Å². The first-order chi connectivity index (χ1) is 6.61. The molecule has 3 nitrogen and oxygen atoms in total. The molecule has 0 aliphatic carbocycles. The number of aromatic hydroxyl groups is 1. The zero-order valence-electron chi connectivity index (χ0n) is 9.14. The largest absolute Gasteiger partial charge is 0.504 e. The zero-order valence-corrected chi connectivity index (χ0v) is 9.14. The monoisotopic (exact) mass is 195 g/mol. The van der Waals surface area contributed by atoms with Gasteiger partial charge in [0.2, 0.25) is 0 Å². The first-order valence-electron chi connectivity index (χ1n) is 4.62. The lowest BCUT2D eigenvalue weighted by molar-refractivity contribution is 0.367. The van der Waals surface area contributed by atoms with Crippen molar-refractivity contribution in [2.45, 2.75) is 20.4 Å². The van der Waals surface area contributed by atoms with Crippen LogP contribution in [0.4, 0.5) is 0 Å². The highest BCUT2D eigenvalue weighted by Gasteiger charge is 2.12. The van der Waals surface area contributed by atoms with Crippen molar-refractivity contribution in [2.75, 3.05) is 14.2 Å². The molecule has 0 saturated heterocycles. The van der Waals surface area contributed by atoms with Crippen LogP contribution in [0.3, 0.4) is 0 Å². The van der Waals surface area contributed by atoms with Gasteiger partial charge in [-0.05, 0) is 32.0 Å². The minimum absolute atomic E-state index is 0.249. The smallest absolute Gasteiger partial charge is 0.163 e. The van der Waals surface area contributed by atoms with E-state index in [2.05, 4.69) is 5.32 Å². The van der Waals surface area contributed by atoms with Gasteiger partial charge in [-0.25, -0.2) is 0 Å².